The highest BCUT2D eigenvalue weighted by Gasteiger charge is 2.22. The lowest BCUT2D eigenvalue weighted by Crippen LogP contribution is -2.37. The fourth-order valence-electron chi connectivity index (χ4n) is 1.77. The lowest BCUT2D eigenvalue weighted by atomic mass is 9.94. The van der Waals surface area contributed by atoms with Crippen LogP contribution >= 0.6 is 0 Å². The van der Waals surface area contributed by atoms with Crippen LogP contribution in [0.25, 0.3) is 0 Å². The Hall–Kier alpha value is -2.33. The third kappa shape index (κ3) is 4.61. The van der Waals surface area contributed by atoms with Crippen LogP contribution in [0.1, 0.15) is 26.2 Å². The Bertz CT molecular complexity index is 542. The Balaban J connectivity index is 2.64. The van der Waals surface area contributed by atoms with E-state index in [-0.39, 0.29) is 18.0 Å². The molecule has 7 nitrogen and oxygen atoms in total. The number of nitro groups is 1. The molecule has 1 atom stereocenters. The highest BCUT2D eigenvalue weighted by molar-refractivity contribution is 5.50. The van der Waals surface area contributed by atoms with Crippen LogP contribution in [0.5, 0.6) is 11.5 Å². The predicted molar refractivity (Wildman–Crippen MR) is 77.2 cm³/mol. The monoisotopic (exact) mass is 293 g/mol. The SMILES string of the molecule is CCC(N)(C#N)CCCOc1ccc(OC)cc1[N+](=O)[O-]. The minimum atomic E-state index is -0.866. The second-order valence-electron chi connectivity index (χ2n) is 4.66. The summed E-state index contributed by atoms with van der Waals surface area (Å²) >= 11 is 0. The number of nitriles is 1. The van der Waals surface area contributed by atoms with Crippen molar-refractivity contribution in [2.75, 3.05) is 13.7 Å². The van der Waals surface area contributed by atoms with Gasteiger partial charge >= 0.3 is 5.69 Å². The lowest BCUT2D eigenvalue weighted by Gasteiger charge is -2.18. The molecule has 0 saturated carbocycles. The molecule has 21 heavy (non-hydrogen) atoms. The van der Waals surface area contributed by atoms with E-state index >= 15 is 0 Å². The average Bonchev–Trinajstić information content (AvgIpc) is 2.51. The quantitative estimate of drug-likeness (QED) is 0.447. The molecule has 0 aliphatic heterocycles. The zero-order chi connectivity index (χ0) is 15.9. The minimum Gasteiger partial charge on any atom is -0.496 e. The van der Waals surface area contributed by atoms with Crippen LogP contribution in [0.3, 0.4) is 0 Å². The lowest BCUT2D eigenvalue weighted by molar-refractivity contribution is -0.385. The summed E-state index contributed by atoms with van der Waals surface area (Å²) in [6.07, 6.45) is 1.57. The number of rotatable bonds is 8. The Morgan fingerprint density at radius 1 is 1.52 bits per heavy atom. The number of ether oxygens (including phenoxy) is 2. The molecule has 0 bridgehead atoms. The number of nitro benzene ring substituents is 1. The van der Waals surface area contributed by atoms with Crippen molar-refractivity contribution in [3.8, 4) is 17.6 Å². The first kappa shape index (κ1) is 16.7. The van der Waals surface area contributed by atoms with Crippen LogP contribution in [-0.4, -0.2) is 24.2 Å². The van der Waals surface area contributed by atoms with E-state index in [1.165, 1.54) is 19.2 Å². The third-order valence-corrected chi connectivity index (χ3v) is 3.24. The Morgan fingerprint density at radius 3 is 2.76 bits per heavy atom. The Morgan fingerprint density at radius 2 is 2.24 bits per heavy atom. The van der Waals surface area contributed by atoms with E-state index in [2.05, 4.69) is 6.07 Å². The summed E-state index contributed by atoms with van der Waals surface area (Å²) in [4.78, 5) is 10.5. The molecule has 1 unspecified atom stereocenters. The highest BCUT2D eigenvalue weighted by atomic mass is 16.6. The van der Waals surface area contributed by atoms with Gasteiger partial charge < -0.3 is 15.2 Å². The van der Waals surface area contributed by atoms with Crippen molar-refractivity contribution in [1.82, 2.24) is 0 Å². The molecule has 0 heterocycles. The maximum Gasteiger partial charge on any atom is 0.314 e. The molecule has 0 aromatic heterocycles. The van der Waals surface area contributed by atoms with Crippen molar-refractivity contribution >= 4 is 5.69 Å². The van der Waals surface area contributed by atoms with Gasteiger partial charge in [-0.05, 0) is 31.4 Å². The van der Waals surface area contributed by atoms with Gasteiger partial charge in [0.1, 0.15) is 11.3 Å². The molecule has 0 aliphatic carbocycles. The molecule has 0 radical (unpaired) electrons. The molecule has 0 aliphatic rings. The summed E-state index contributed by atoms with van der Waals surface area (Å²) in [6, 6.07) is 6.47. The van der Waals surface area contributed by atoms with Crippen LogP contribution in [0.15, 0.2) is 18.2 Å². The molecule has 2 N–H and O–H groups in total. The van der Waals surface area contributed by atoms with Crippen LogP contribution in [0, 0.1) is 21.4 Å². The van der Waals surface area contributed by atoms with Crippen LogP contribution in [-0.2, 0) is 0 Å². The van der Waals surface area contributed by atoms with E-state index in [4.69, 9.17) is 20.5 Å². The molecular formula is C14H19N3O4. The molecule has 0 fully saturated rings. The van der Waals surface area contributed by atoms with Crippen molar-refractivity contribution in [2.45, 2.75) is 31.7 Å². The second-order valence-corrected chi connectivity index (χ2v) is 4.66. The van der Waals surface area contributed by atoms with Gasteiger partial charge in [0.05, 0.1) is 30.8 Å². The van der Waals surface area contributed by atoms with Crippen molar-refractivity contribution in [3.05, 3.63) is 28.3 Å². The molecule has 0 saturated heterocycles. The zero-order valence-corrected chi connectivity index (χ0v) is 12.2. The summed E-state index contributed by atoms with van der Waals surface area (Å²) in [6.45, 7) is 2.10. The summed E-state index contributed by atoms with van der Waals surface area (Å²) in [5.41, 5.74) is 4.84. The van der Waals surface area contributed by atoms with E-state index in [1.54, 1.807) is 6.07 Å². The van der Waals surface area contributed by atoms with Gasteiger partial charge in [-0.25, -0.2) is 0 Å². The number of hydrogen-bond acceptors (Lipinski definition) is 6. The molecule has 1 aromatic carbocycles. The standard InChI is InChI=1S/C14H19N3O4/c1-3-14(16,10-15)7-4-8-21-13-6-5-11(20-2)9-12(13)17(18)19/h5-6,9H,3-4,7-8,16H2,1-2H3. The Labute approximate surface area is 123 Å². The normalized spacial score (nSPS) is 13.0. The summed E-state index contributed by atoms with van der Waals surface area (Å²) in [5.74, 6) is 0.572. The van der Waals surface area contributed by atoms with Crippen molar-refractivity contribution < 1.29 is 14.4 Å². The molecule has 114 valence electrons. The molecule has 0 spiro atoms. The summed E-state index contributed by atoms with van der Waals surface area (Å²) in [5, 5.41) is 19.9. The van der Waals surface area contributed by atoms with Gasteiger partial charge in [0.2, 0.25) is 0 Å². The molecule has 1 aromatic rings. The van der Waals surface area contributed by atoms with Gasteiger partial charge in [-0.2, -0.15) is 5.26 Å². The summed E-state index contributed by atoms with van der Waals surface area (Å²) in [7, 11) is 1.44. The Kier molecular flexibility index (Phi) is 5.93. The first-order valence-electron chi connectivity index (χ1n) is 6.61. The summed E-state index contributed by atoms with van der Waals surface area (Å²) < 4.78 is 10.4. The van der Waals surface area contributed by atoms with Crippen LogP contribution in [0.4, 0.5) is 5.69 Å². The maximum absolute atomic E-state index is 11.0. The van der Waals surface area contributed by atoms with Crippen molar-refractivity contribution in [2.24, 2.45) is 5.73 Å². The van der Waals surface area contributed by atoms with E-state index in [0.29, 0.717) is 25.0 Å². The number of methoxy groups -OCH3 is 1. The molecule has 1 rings (SSSR count). The topological polar surface area (TPSA) is 111 Å². The van der Waals surface area contributed by atoms with Gasteiger partial charge in [0.15, 0.2) is 5.75 Å². The number of nitrogens with two attached hydrogens (primary N) is 1. The van der Waals surface area contributed by atoms with Gasteiger partial charge in [-0.1, -0.05) is 6.92 Å². The van der Waals surface area contributed by atoms with Crippen LogP contribution < -0.4 is 15.2 Å². The average molecular weight is 293 g/mol. The van der Waals surface area contributed by atoms with E-state index in [0.717, 1.165) is 0 Å². The first-order valence-corrected chi connectivity index (χ1v) is 6.61. The minimum absolute atomic E-state index is 0.149. The van der Waals surface area contributed by atoms with Crippen LogP contribution in [0.2, 0.25) is 0 Å². The zero-order valence-electron chi connectivity index (χ0n) is 12.2. The second kappa shape index (κ2) is 7.45. The molecule has 0 amide bonds. The highest BCUT2D eigenvalue weighted by Crippen LogP contribution is 2.31. The predicted octanol–water partition coefficient (Wildman–Crippen LogP) is 2.39. The number of hydrogen-bond donors (Lipinski definition) is 1. The van der Waals surface area contributed by atoms with Gasteiger partial charge in [-0.15, -0.1) is 0 Å². The number of nitrogens with zero attached hydrogens (tertiary/aromatic N) is 2. The van der Waals surface area contributed by atoms with E-state index in [1.807, 2.05) is 6.92 Å². The fourth-order valence-corrected chi connectivity index (χ4v) is 1.77. The van der Waals surface area contributed by atoms with E-state index < -0.39 is 10.5 Å². The first-order chi connectivity index (χ1) is 9.95. The van der Waals surface area contributed by atoms with Crippen molar-refractivity contribution in [3.63, 3.8) is 0 Å². The van der Waals surface area contributed by atoms with Gasteiger partial charge in [0.25, 0.3) is 0 Å². The largest absolute Gasteiger partial charge is 0.496 e. The molecular weight excluding hydrogens is 274 g/mol. The van der Waals surface area contributed by atoms with E-state index in [9.17, 15) is 10.1 Å². The molecule has 7 heteroatoms. The maximum atomic E-state index is 11.0. The smallest absolute Gasteiger partial charge is 0.314 e. The van der Waals surface area contributed by atoms with Gasteiger partial charge in [-0.3, -0.25) is 10.1 Å². The fraction of sp³-hybridized carbons (Fsp3) is 0.500. The van der Waals surface area contributed by atoms with Crippen molar-refractivity contribution in [1.29, 1.82) is 5.26 Å². The van der Waals surface area contributed by atoms with Gasteiger partial charge in [0, 0.05) is 0 Å². The number of benzene rings is 1. The third-order valence-electron chi connectivity index (χ3n) is 3.24.